The van der Waals surface area contributed by atoms with Crippen molar-refractivity contribution in [2.45, 2.75) is 59.3 Å². The van der Waals surface area contributed by atoms with Crippen molar-refractivity contribution in [2.75, 3.05) is 5.75 Å². The third kappa shape index (κ3) is 3.01. The van der Waals surface area contributed by atoms with Crippen LogP contribution in [0, 0.1) is 16.7 Å². The van der Waals surface area contributed by atoms with Crippen LogP contribution in [0.4, 0.5) is 0 Å². The first-order valence-electron chi connectivity index (χ1n) is 9.17. The van der Waals surface area contributed by atoms with Crippen LogP contribution >= 0.6 is 0 Å². The van der Waals surface area contributed by atoms with Crippen LogP contribution < -0.4 is 4.18 Å². The lowest BCUT2D eigenvalue weighted by molar-refractivity contribution is -0.128. The topological polar surface area (TPSA) is 60.4 Å². The first kappa shape index (κ1) is 18.4. The Morgan fingerprint density at radius 1 is 1.32 bits per heavy atom. The molecule has 1 aromatic rings. The molecule has 0 aromatic heterocycles. The highest BCUT2D eigenvalue weighted by Gasteiger charge is 2.65. The van der Waals surface area contributed by atoms with Gasteiger partial charge in [0.2, 0.25) is 0 Å². The van der Waals surface area contributed by atoms with E-state index >= 15 is 0 Å². The summed E-state index contributed by atoms with van der Waals surface area (Å²) < 4.78 is 30.9. The van der Waals surface area contributed by atoms with E-state index in [4.69, 9.17) is 4.18 Å². The van der Waals surface area contributed by atoms with E-state index in [2.05, 4.69) is 13.8 Å². The lowest BCUT2D eigenvalue weighted by Crippen LogP contribution is -2.43. The van der Waals surface area contributed by atoms with Gasteiger partial charge in [0.15, 0.2) is 0 Å². The van der Waals surface area contributed by atoms with Crippen molar-refractivity contribution in [3.8, 4) is 5.75 Å². The molecule has 3 rings (SSSR count). The van der Waals surface area contributed by atoms with Crippen LogP contribution in [0.3, 0.4) is 0 Å². The number of hydrogen-bond donors (Lipinski definition) is 0. The fourth-order valence-electron chi connectivity index (χ4n) is 4.69. The van der Waals surface area contributed by atoms with Gasteiger partial charge in [0.1, 0.15) is 11.5 Å². The van der Waals surface area contributed by atoms with E-state index in [1.54, 1.807) is 12.1 Å². The summed E-state index contributed by atoms with van der Waals surface area (Å²) in [5.41, 5.74) is -0.00393. The lowest BCUT2D eigenvalue weighted by Gasteiger charge is -2.35. The molecule has 1 aromatic carbocycles. The van der Waals surface area contributed by atoms with E-state index in [1.165, 1.54) is 0 Å². The fourth-order valence-corrected chi connectivity index (χ4v) is 6.43. The van der Waals surface area contributed by atoms with E-state index < -0.39 is 15.5 Å². The number of rotatable bonds is 6. The maximum absolute atomic E-state index is 12.7. The van der Waals surface area contributed by atoms with Gasteiger partial charge in [-0.2, -0.15) is 8.42 Å². The highest BCUT2D eigenvalue weighted by atomic mass is 32.2. The van der Waals surface area contributed by atoms with Crippen molar-refractivity contribution < 1.29 is 17.4 Å². The van der Waals surface area contributed by atoms with Gasteiger partial charge in [-0.3, -0.25) is 4.79 Å². The van der Waals surface area contributed by atoms with Crippen LogP contribution in [-0.2, 0) is 14.9 Å². The Kier molecular flexibility index (Phi) is 4.51. The molecule has 0 amide bonds. The van der Waals surface area contributed by atoms with Crippen molar-refractivity contribution in [1.82, 2.24) is 0 Å². The Morgan fingerprint density at radius 2 is 2.04 bits per heavy atom. The lowest BCUT2D eigenvalue weighted by atomic mass is 9.70. The molecule has 2 fully saturated rings. The maximum atomic E-state index is 12.7. The Hall–Kier alpha value is -1.36. The number of hydrogen-bond acceptors (Lipinski definition) is 4. The summed E-state index contributed by atoms with van der Waals surface area (Å²) in [6.07, 6.45) is 3.06. The second-order valence-electron chi connectivity index (χ2n) is 8.33. The summed E-state index contributed by atoms with van der Waals surface area (Å²) in [5.74, 6) is 0.858. The molecule has 4 nitrogen and oxygen atoms in total. The fraction of sp³-hybridized carbons (Fsp3) is 0.650. The van der Waals surface area contributed by atoms with Crippen molar-refractivity contribution in [1.29, 1.82) is 0 Å². The molecule has 0 aliphatic heterocycles. The molecule has 0 spiro atoms. The van der Waals surface area contributed by atoms with Crippen LogP contribution in [0.15, 0.2) is 24.3 Å². The highest BCUT2D eigenvalue weighted by molar-refractivity contribution is 7.87. The molecule has 2 aliphatic carbocycles. The van der Waals surface area contributed by atoms with Crippen LogP contribution in [0.25, 0.3) is 0 Å². The van der Waals surface area contributed by atoms with E-state index in [0.29, 0.717) is 30.4 Å². The molecule has 25 heavy (non-hydrogen) atoms. The molecule has 2 saturated carbocycles. The number of benzene rings is 1. The van der Waals surface area contributed by atoms with E-state index in [1.807, 2.05) is 26.0 Å². The van der Waals surface area contributed by atoms with Gasteiger partial charge in [-0.25, -0.2) is 0 Å². The zero-order valence-corrected chi connectivity index (χ0v) is 16.4. The quantitative estimate of drug-likeness (QED) is 0.706. The second kappa shape index (κ2) is 6.11. The summed E-state index contributed by atoms with van der Waals surface area (Å²) >= 11 is 0. The average molecular weight is 365 g/mol. The summed E-state index contributed by atoms with van der Waals surface area (Å²) in [4.78, 5) is 12.6. The minimum Gasteiger partial charge on any atom is -0.382 e. The zero-order valence-electron chi connectivity index (χ0n) is 15.5. The van der Waals surface area contributed by atoms with Gasteiger partial charge in [0.05, 0.1) is 11.2 Å². The average Bonchev–Trinajstić information content (AvgIpc) is 2.87. The van der Waals surface area contributed by atoms with Crippen molar-refractivity contribution in [2.24, 2.45) is 16.7 Å². The zero-order chi connectivity index (χ0) is 18.5. The monoisotopic (exact) mass is 364 g/mol. The van der Waals surface area contributed by atoms with Crippen molar-refractivity contribution in [3.63, 3.8) is 0 Å². The molecular weight excluding hydrogens is 336 g/mol. The maximum Gasteiger partial charge on any atom is 0.310 e. The van der Waals surface area contributed by atoms with Crippen molar-refractivity contribution in [3.05, 3.63) is 29.8 Å². The van der Waals surface area contributed by atoms with Gasteiger partial charge < -0.3 is 4.18 Å². The van der Waals surface area contributed by atoms with E-state index in [-0.39, 0.29) is 17.0 Å². The van der Waals surface area contributed by atoms with Gasteiger partial charge >= 0.3 is 10.1 Å². The summed E-state index contributed by atoms with van der Waals surface area (Å²) in [6, 6.07) is 7.26. The van der Waals surface area contributed by atoms with Crippen molar-refractivity contribution >= 4 is 15.9 Å². The Labute approximate surface area is 151 Å². The first-order chi connectivity index (χ1) is 11.6. The molecule has 0 radical (unpaired) electrons. The SMILES string of the molecule is CCC(C)c1cccc(OS(=O)(=O)CC23CCC(CC2=O)C3(C)C)c1. The van der Waals surface area contributed by atoms with E-state index in [9.17, 15) is 13.2 Å². The Bertz CT molecular complexity index is 781. The van der Waals surface area contributed by atoms with Crippen LogP contribution in [0.2, 0.25) is 0 Å². The van der Waals surface area contributed by atoms with Crippen LogP contribution in [0.5, 0.6) is 5.75 Å². The molecule has 2 bridgehead atoms. The van der Waals surface area contributed by atoms with Gasteiger partial charge in [0.25, 0.3) is 0 Å². The highest BCUT2D eigenvalue weighted by Crippen LogP contribution is 2.64. The molecule has 3 atom stereocenters. The Morgan fingerprint density at radius 3 is 2.60 bits per heavy atom. The molecule has 0 heterocycles. The predicted molar refractivity (Wildman–Crippen MR) is 98.1 cm³/mol. The molecule has 3 unspecified atom stereocenters. The van der Waals surface area contributed by atoms with Gasteiger partial charge in [-0.05, 0) is 54.2 Å². The van der Waals surface area contributed by atoms with Crippen LogP contribution in [0.1, 0.15) is 64.9 Å². The minimum atomic E-state index is -3.84. The Balaban J connectivity index is 1.83. The smallest absolute Gasteiger partial charge is 0.310 e. The van der Waals surface area contributed by atoms with E-state index in [0.717, 1.165) is 18.4 Å². The molecule has 0 saturated heterocycles. The predicted octanol–water partition coefficient (Wildman–Crippen LogP) is 4.30. The molecule has 138 valence electrons. The summed E-state index contributed by atoms with van der Waals surface area (Å²) in [5, 5.41) is 0. The number of fused-ring (bicyclic) bond motifs is 2. The van der Waals surface area contributed by atoms with Gasteiger partial charge in [-0.1, -0.05) is 39.8 Å². The number of ketones is 1. The first-order valence-corrected chi connectivity index (χ1v) is 10.7. The second-order valence-corrected chi connectivity index (χ2v) is 9.90. The molecule has 0 N–H and O–H groups in total. The standard InChI is InChI=1S/C20H28O4S/c1-5-14(2)15-7-6-8-17(11-15)24-25(22,23)13-20-10-9-16(12-18(20)21)19(20,3)4/h6-8,11,14,16H,5,9-10,12-13H2,1-4H3. The number of carbonyl (C=O) groups excluding carboxylic acids is 1. The third-order valence-electron chi connectivity index (χ3n) is 6.83. The summed E-state index contributed by atoms with van der Waals surface area (Å²) in [6.45, 7) is 8.27. The number of Topliss-reactive ketones (excluding diaryl/α,β-unsaturated/α-hetero) is 1. The molecule has 5 heteroatoms. The number of carbonyl (C=O) groups is 1. The van der Waals surface area contributed by atoms with Gasteiger partial charge in [-0.15, -0.1) is 0 Å². The largest absolute Gasteiger partial charge is 0.382 e. The molecular formula is C20H28O4S. The summed E-state index contributed by atoms with van der Waals surface area (Å²) in [7, 11) is -3.84. The third-order valence-corrected chi connectivity index (χ3v) is 8.12. The van der Waals surface area contributed by atoms with Crippen LogP contribution in [-0.4, -0.2) is 20.0 Å². The normalized spacial score (nSPS) is 29.0. The molecule has 2 aliphatic rings. The van der Waals surface area contributed by atoms with Gasteiger partial charge in [0, 0.05) is 6.42 Å². The minimum absolute atomic E-state index is 0.0919.